The molecule has 3 nitrogen and oxygen atoms in total. The molecule has 1 aliphatic carbocycles. The topological polar surface area (TPSA) is 50.2 Å². The number of carbonyl (C=O) groups is 1. The molecule has 2 rings (SSSR count). The number of aryl methyl sites for hydroxylation is 2. The average molecular weight is 191 g/mol. The van der Waals surface area contributed by atoms with Crippen molar-refractivity contribution in [2.45, 2.75) is 25.7 Å². The van der Waals surface area contributed by atoms with Crippen LogP contribution >= 0.6 is 0 Å². The minimum Gasteiger partial charge on any atom is -0.481 e. The smallest absolute Gasteiger partial charge is 0.306 e. The lowest BCUT2D eigenvalue weighted by Crippen LogP contribution is -2.13. The molecule has 0 aliphatic heterocycles. The second-order valence-corrected chi connectivity index (χ2v) is 3.72. The van der Waals surface area contributed by atoms with Gasteiger partial charge in [-0.25, -0.2) is 0 Å². The Morgan fingerprint density at radius 3 is 3.00 bits per heavy atom. The SMILES string of the molecule is O=C(O)C1CCc2cccnc2CC1. The van der Waals surface area contributed by atoms with Gasteiger partial charge in [-0.15, -0.1) is 0 Å². The van der Waals surface area contributed by atoms with Crippen molar-refractivity contribution < 1.29 is 9.90 Å². The molecule has 0 spiro atoms. The maximum Gasteiger partial charge on any atom is 0.306 e. The number of carboxylic acids is 1. The van der Waals surface area contributed by atoms with E-state index in [2.05, 4.69) is 4.98 Å². The summed E-state index contributed by atoms with van der Waals surface area (Å²) >= 11 is 0. The van der Waals surface area contributed by atoms with E-state index in [4.69, 9.17) is 5.11 Å². The minimum atomic E-state index is -0.669. The van der Waals surface area contributed by atoms with Crippen molar-refractivity contribution in [1.29, 1.82) is 0 Å². The number of hydrogen-bond acceptors (Lipinski definition) is 2. The Kier molecular flexibility index (Phi) is 2.48. The van der Waals surface area contributed by atoms with Gasteiger partial charge in [-0.1, -0.05) is 6.07 Å². The van der Waals surface area contributed by atoms with Crippen molar-refractivity contribution in [3.05, 3.63) is 29.6 Å². The first-order chi connectivity index (χ1) is 6.77. The molecule has 1 unspecified atom stereocenters. The quantitative estimate of drug-likeness (QED) is 0.687. The summed E-state index contributed by atoms with van der Waals surface area (Å²) in [6.45, 7) is 0. The zero-order valence-corrected chi connectivity index (χ0v) is 7.94. The summed E-state index contributed by atoms with van der Waals surface area (Å²) in [5.41, 5.74) is 2.30. The molecule has 0 bridgehead atoms. The summed E-state index contributed by atoms with van der Waals surface area (Å²) in [7, 11) is 0. The molecule has 1 heterocycles. The van der Waals surface area contributed by atoms with Crippen LogP contribution in [0.2, 0.25) is 0 Å². The Balaban J connectivity index is 2.18. The highest BCUT2D eigenvalue weighted by atomic mass is 16.4. The Bertz CT molecular complexity index is 322. The largest absolute Gasteiger partial charge is 0.481 e. The van der Waals surface area contributed by atoms with Gasteiger partial charge in [0.1, 0.15) is 0 Å². The minimum absolute atomic E-state index is 0.191. The number of pyridine rings is 1. The van der Waals surface area contributed by atoms with Crippen LogP contribution in [-0.4, -0.2) is 16.1 Å². The van der Waals surface area contributed by atoms with Gasteiger partial charge in [-0.3, -0.25) is 9.78 Å². The van der Waals surface area contributed by atoms with E-state index >= 15 is 0 Å². The predicted octanol–water partition coefficient (Wildman–Crippen LogP) is 1.66. The number of rotatable bonds is 1. The fourth-order valence-electron chi connectivity index (χ4n) is 1.96. The van der Waals surface area contributed by atoms with E-state index in [1.807, 2.05) is 12.1 Å². The molecule has 0 saturated carbocycles. The number of carboxylic acid groups (broad SMARTS) is 1. The molecular formula is C11H13NO2. The lowest BCUT2D eigenvalue weighted by molar-refractivity contribution is -0.142. The monoisotopic (exact) mass is 191 g/mol. The third-order valence-corrected chi connectivity index (χ3v) is 2.83. The van der Waals surface area contributed by atoms with Gasteiger partial charge in [0.05, 0.1) is 5.92 Å². The third kappa shape index (κ3) is 1.76. The molecule has 1 aliphatic rings. The summed E-state index contributed by atoms with van der Waals surface area (Å²) < 4.78 is 0. The van der Waals surface area contributed by atoms with Crippen molar-refractivity contribution in [1.82, 2.24) is 4.98 Å². The van der Waals surface area contributed by atoms with Crippen LogP contribution in [0.25, 0.3) is 0 Å². The number of aliphatic carboxylic acids is 1. The summed E-state index contributed by atoms with van der Waals surface area (Å²) in [6, 6.07) is 3.96. The highest BCUT2D eigenvalue weighted by Gasteiger charge is 2.21. The van der Waals surface area contributed by atoms with E-state index in [1.54, 1.807) is 6.20 Å². The van der Waals surface area contributed by atoms with Crippen LogP contribution in [0.3, 0.4) is 0 Å². The van der Waals surface area contributed by atoms with E-state index in [0.29, 0.717) is 0 Å². The Hall–Kier alpha value is -1.38. The standard InChI is InChI=1S/C11H13NO2/c13-11(14)9-4-3-8-2-1-7-12-10(8)6-5-9/h1-2,7,9H,3-6H2,(H,13,14). The lowest BCUT2D eigenvalue weighted by atomic mass is 10.0. The van der Waals surface area contributed by atoms with Crippen LogP contribution in [0.4, 0.5) is 0 Å². The normalized spacial score (nSPS) is 21.0. The molecule has 1 atom stereocenters. The molecule has 1 aromatic rings. The third-order valence-electron chi connectivity index (χ3n) is 2.83. The van der Waals surface area contributed by atoms with Gasteiger partial charge in [0.2, 0.25) is 0 Å². The first-order valence-corrected chi connectivity index (χ1v) is 4.93. The molecule has 0 radical (unpaired) electrons. The van der Waals surface area contributed by atoms with Gasteiger partial charge in [0.15, 0.2) is 0 Å². The van der Waals surface area contributed by atoms with E-state index in [9.17, 15) is 4.79 Å². The molecule has 0 amide bonds. The van der Waals surface area contributed by atoms with Crippen LogP contribution in [-0.2, 0) is 17.6 Å². The molecule has 1 N–H and O–H groups in total. The maximum absolute atomic E-state index is 10.8. The second kappa shape index (κ2) is 3.78. The van der Waals surface area contributed by atoms with Crippen molar-refractivity contribution in [3.8, 4) is 0 Å². The fraction of sp³-hybridized carbons (Fsp3) is 0.455. The van der Waals surface area contributed by atoms with Gasteiger partial charge < -0.3 is 5.11 Å². The average Bonchev–Trinajstić information content (AvgIpc) is 2.39. The zero-order chi connectivity index (χ0) is 9.97. The predicted molar refractivity (Wildman–Crippen MR) is 52.0 cm³/mol. The second-order valence-electron chi connectivity index (χ2n) is 3.72. The molecule has 74 valence electrons. The van der Waals surface area contributed by atoms with Crippen molar-refractivity contribution in [3.63, 3.8) is 0 Å². The van der Waals surface area contributed by atoms with Crippen LogP contribution in [0, 0.1) is 5.92 Å². The lowest BCUT2D eigenvalue weighted by Gasteiger charge is -2.05. The van der Waals surface area contributed by atoms with Crippen molar-refractivity contribution in [2.75, 3.05) is 0 Å². The van der Waals surface area contributed by atoms with Crippen molar-refractivity contribution >= 4 is 5.97 Å². The maximum atomic E-state index is 10.8. The van der Waals surface area contributed by atoms with Gasteiger partial charge >= 0.3 is 5.97 Å². The number of fused-ring (bicyclic) bond motifs is 1. The number of hydrogen-bond donors (Lipinski definition) is 1. The van der Waals surface area contributed by atoms with Crippen molar-refractivity contribution in [2.24, 2.45) is 5.92 Å². The number of aromatic nitrogens is 1. The summed E-state index contributed by atoms with van der Waals surface area (Å²) in [5.74, 6) is -0.859. The van der Waals surface area contributed by atoms with Gasteiger partial charge in [-0.05, 0) is 37.3 Å². The van der Waals surface area contributed by atoms with Crippen LogP contribution in [0.5, 0.6) is 0 Å². The van der Waals surface area contributed by atoms with Gasteiger partial charge in [0.25, 0.3) is 0 Å². The van der Waals surface area contributed by atoms with E-state index < -0.39 is 5.97 Å². The zero-order valence-electron chi connectivity index (χ0n) is 7.94. The Morgan fingerprint density at radius 1 is 1.43 bits per heavy atom. The molecule has 14 heavy (non-hydrogen) atoms. The summed E-state index contributed by atoms with van der Waals surface area (Å²) in [6.07, 6.45) is 4.89. The highest BCUT2D eigenvalue weighted by molar-refractivity contribution is 5.70. The number of nitrogens with zero attached hydrogens (tertiary/aromatic N) is 1. The van der Waals surface area contributed by atoms with Gasteiger partial charge in [-0.2, -0.15) is 0 Å². The Morgan fingerprint density at radius 2 is 2.21 bits per heavy atom. The molecule has 1 aromatic heterocycles. The fourth-order valence-corrected chi connectivity index (χ4v) is 1.96. The first kappa shape index (κ1) is 9.19. The van der Waals surface area contributed by atoms with Crippen LogP contribution in [0.15, 0.2) is 18.3 Å². The van der Waals surface area contributed by atoms with Crippen LogP contribution < -0.4 is 0 Å². The van der Waals surface area contributed by atoms with E-state index in [0.717, 1.165) is 31.4 Å². The summed E-state index contributed by atoms with van der Waals surface area (Å²) in [4.78, 5) is 15.1. The van der Waals surface area contributed by atoms with Gasteiger partial charge in [0, 0.05) is 11.9 Å². The summed E-state index contributed by atoms with van der Waals surface area (Å²) in [5, 5.41) is 8.92. The van der Waals surface area contributed by atoms with E-state index in [1.165, 1.54) is 5.56 Å². The molecule has 0 saturated heterocycles. The molecule has 3 heteroatoms. The first-order valence-electron chi connectivity index (χ1n) is 4.93. The van der Waals surface area contributed by atoms with Crippen LogP contribution in [0.1, 0.15) is 24.1 Å². The highest BCUT2D eigenvalue weighted by Crippen LogP contribution is 2.22. The Labute approximate surface area is 82.8 Å². The van der Waals surface area contributed by atoms with E-state index in [-0.39, 0.29) is 5.92 Å². The molecular weight excluding hydrogens is 178 g/mol. The molecule has 0 aromatic carbocycles. The molecule has 0 fully saturated rings.